The molecular formula is C25H25N7O3. The van der Waals surface area contributed by atoms with E-state index in [2.05, 4.69) is 48.3 Å². The SMILES string of the molecule is COc1ccc(=O)n([C@H]2C[C@@H]2C(=O)Nc2cc(NCc3cn4cc(C5CC5)ccc4n3)ncn2)c1. The summed E-state index contributed by atoms with van der Waals surface area (Å²) in [6.07, 6.45) is 10.3. The lowest BCUT2D eigenvalue weighted by molar-refractivity contribution is -0.117. The maximum atomic E-state index is 12.7. The second-order valence-electron chi connectivity index (χ2n) is 9.09. The van der Waals surface area contributed by atoms with Crippen molar-refractivity contribution in [3.8, 4) is 5.75 Å². The Labute approximate surface area is 201 Å². The number of methoxy groups -OCH3 is 1. The van der Waals surface area contributed by atoms with Crippen LogP contribution in [0.1, 0.15) is 42.5 Å². The zero-order valence-electron chi connectivity index (χ0n) is 19.2. The van der Waals surface area contributed by atoms with E-state index in [0.717, 1.165) is 11.3 Å². The van der Waals surface area contributed by atoms with Crippen molar-refractivity contribution in [1.29, 1.82) is 0 Å². The summed E-state index contributed by atoms with van der Waals surface area (Å²) in [6.45, 7) is 0.494. The van der Waals surface area contributed by atoms with Crippen LogP contribution in [0.5, 0.6) is 5.75 Å². The second kappa shape index (κ2) is 8.53. The fourth-order valence-electron chi connectivity index (χ4n) is 4.36. The number of anilines is 2. The summed E-state index contributed by atoms with van der Waals surface area (Å²) in [6, 6.07) is 8.78. The van der Waals surface area contributed by atoms with Crippen molar-refractivity contribution in [3.05, 3.63) is 76.9 Å². The zero-order valence-corrected chi connectivity index (χ0v) is 19.2. The summed E-state index contributed by atoms with van der Waals surface area (Å²) in [5, 5.41) is 6.09. The molecule has 2 aliphatic carbocycles. The highest BCUT2D eigenvalue weighted by molar-refractivity contribution is 5.94. The Balaban J connectivity index is 1.08. The molecule has 0 saturated heterocycles. The van der Waals surface area contributed by atoms with Crippen molar-refractivity contribution in [2.45, 2.75) is 37.8 Å². The molecule has 0 aromatic carbocycles. The Morgan fingerprint density at radius 3 is 2.80 bits per heavy atom. The quantitative estimate of drug-likeness (QED) is 0.406. The average molecular weight is 472 g/mol. The molecule has 35 heavy (non-hydrogen) atoms. The number of ether oxygens (including phenoxy) is 1. The number of carbonyl (C=O) groups is 1. The van der Waals surface area contributed by atoms with E-state index in [1.165, 1.54) is 30.8 Å². The maximum absolute atomic E-state index is 12.7. The molecule has 2 saturated carbocycles. The fraction of sp³-hybridized carbons (Fsp3) is 0.320. The van der Waals surface area contributed by atoms with Crippen molar-refractivity contribution in [1.82, 2.24) is 23.9 Å². The first-order valence-electron chi connectivity index (χ1n) is 11.7. The summed E-state index contributed by atoms with van der Waals surface area (Å²) in [5.41, 5.74) is 3.01. The van der Waals surface area contributed by atoms with E-state index in [1.807, 2.05) is 6.20 Å². The van der Waals surface area contributed by atoms with Crippen molar-refractivity contribution in [3.63, 3.8) is 0 Å². The molecule has 10 nitrogen and oxygen atoms in total. The van der Waals surface area contributed by atoms with E-state index in [1.54, 1.807) is 30.0 Å². The lowest BCUT2D eigenvalue weighted by atomic mass is 10.2. The molecular weight excluding hydrogens is 446 g/mol. The number of amides is 1. The van der Waals surface area contributed by atoms with Crippen LogP contribution in [0, 0.1) is 5.92 Å². The van der Waals surface area contributed by atoms with Gasteiger partial charge in [0.25, 0.3) is 5.56 Å². The molecule has 10 heteroatoms. The zero-order chi connectivity index (χ0) is 23.9. The van der Waals surface area contributed by atoms with Gasteiger partial charge in [-0.1, -0.05) is 6.07 Å². The minimum absolute atomic E-state index is 0.157. The molecule has 0 aliphatic heterocycles. The topological polar surface area (TPSA) is 115 Å². The fourth-order valence-corrected chi connectivity index (χ4v) is 4.36. The lowest BCUT2D eigenvalue weighted by Gasteiger charge is -2.09. The monoisotopic (exact) mass is 471 g/mol. The van der Waals surface area contributed by atoms with Crippen LogP contribution in [0.4, 0.5) is 11.6 Å². The summed E-state index contributed by atoms with van der Waals surface area (Å²) in [4.78, 5) is 38.0. The highest BCUT2D eigenvalue weighted by atomic mass is 16.5. The number of hydrogen-bond acceptors (Lipinski definition) is 7. The van der Waals surface area contributed by atoms with Gasteiger partial charge in [-0.2, -0.15) is 0 Å². The summed E-state index contributed by atoms with van der Waals surface area (Å²) in [5.74, 6) is 1.78. The van der Waals surface area contributed by atoms with Gasteiger partial charge in [0.05, 0.1) is 25.3 Å². The van der Waals surface area contributed by atoms with Crippen LogP contribution in [-0.4, -0.2) is 36.9 Å². The van der Waals surface area contributed by atoms with Crippen LogP contribution in [0.25, 0.3) is 5.65 Å². The number of carbonyl (C=O) groups excluding carboxylic acids is 1. The molecule has 0 radical (unpaired) electrons. The number of nitrogens with one attached hydrogen (secondary N) is 2. The molecule has 4 aromatic rings. The standard InChI is InChI=1S/C25H25N7O3/c1-35-18-5-7-24(33)32(13-18)20-8-19(20)25(34)30-22-9-21(27-14-28-22)26-10-17-12-31-11-16(15-2-3-15)4-6-23(31)29-17/h4-7,9,11-15,19-20H,2-3,8,10H2,1H3,(H2,26,27,28,30,34)/t19-,20-/m0/s1. The number of rotatable bonds is 8. The van der Waals surface area contributed by atoms with Crippen molar-refractivity contribution in [2.24, 2.45) is 5.92 Å². The Morgan fingerprint density at radius 2 is 1.97 bits per heavy atom. The van der Waals surface area contributed by atoms with E-state index in [4.69, 9.17) is 4.74 Å². The van der Waals surface area contributed by atoms with Crippen molar-refractivity contribution in [2.75, 3.05) is 17.7 Å². The third kappa shape index (κ3) is 4.46. The van der Waals surface area contributed by atoms with Crippen LogP contribution < -0.4 is 20.9 Å². The number of hydrogen-bond donors (Lipinski definition) is 2. The molecule has 4 aromatic heterocycles. The smallest absolute Gasteiger partial charge is 0.251 e. The van der Waals surface area contributed by atoms with Gasteiger partial charge in [0.1, 0.15) is 29.4 Å². The number of pyridine rings is 2. The maximum Gasteiger partial charge on any atom is 0.251 e. The second-order valence-corrected chi connectivity index (χ2v) is 9.09. The molecule has 2 N–H and O–H groups in total. The first kappa shape index (κ1) is 21.3. The Kier molecular flexibility index (Phi) is 5.20. The van der Waals surface area contributed by atoms with E-state index >= 15 is 0 Å². The first-order chi connectivity index (χ1) is 17.1. The van der Waals surface area contributed by atoms with Gasteiger partial charge < -0.3 is 24.3 Å². The third-order valence-electron chi connectivity index (χ3n) is 6.54. The van der Waals surface area contributed by atoms with E-state index in [-0.39, 0.29) is 23.4 Å². The molecule has 6 rings (SSSR count). The Bertz CT molecular complexity index is 1470. The van der Waals surface area contributed by atoms with E-state index in [0.29, 0.717) is 36.3 Å². The predicted octanol–water partition coefficient (Wildman–Crippen LogP) is 2.98. The van der Waals surface area contributed by atoms with Gasteiger partial charge in [-0.15, -0.1) is 0 Å². The molecule has 1 amide bonds. The predicted molar refractivity (Wildman–Crippen MR) is 130 cm³/mol. The van der Waals surface area contributed by atoms with E-state index < -0.39 is 0 Å². The third-order valence-corrected chi connectivity index (χ3v) is 6.54. The van der Waals surface area contributed by atoms with Crippen LogP contribution in [0.15, 0.2) is 60.0 Å². The molecule has 0 bridgehead atoms. The molecule has 4 heterocycles. The van der Waals surface area contributed by atoms with Gasteiger partial charge >= 0.3 is 0 Å². The largest absolute Gasteiger partial charge is 0.495 e. The molecule has 178 valence electrons. The number of fused-ring (bicyclic) bond motifs is 1. The van der Waals surface area contributed by atoms with Gasteiger partial charge in [0.15, 0.2) is 0 Å². The average Bonchev–Trinajstić information content (AvgIpc) is 3.79. The number of imidazole rings is 1. The molecule has 2 fully saturated rings. The van der Waals surface area contributed by atoms with E-state index in [9.17, 15) is 9.59 Å². The van der Waals surface area contributed by atoms with Crippen molar-refractivity contribution >= 4 is 23.2 Å². The van der Waals surface area contributed by atoms with Crippen LogP contribution in [0.2, 0.25) is 0 Å². The number of aromatic nitrogens is 5. The van der Waals surface area contributed by atoms with Gasteiger partial charge in [-0.25, -0.2) is 15.0 Å². The van der Waals surface area contributed by atoms with Gasteiger partial charge in [0.2, 0.25) is 5.91 Å². The molecule has 0 unspecified atom stereocenters. The van der Waals surface area contributed by atoms with Crippen LogP contribution >= 0.6 is 0 Å². The van der Waals surface area contributed by atoms with Gasteiger partial charge in [-0.05, 0) is 42.9 Å². The highest BCUT2D eigenvalue weighted by Crippen LogP contribution is 2.43. The van der Waals surface area contributed by atoms with Gasteiger partial charge in [0, 0.05) is 36.8 Å². The van der Waals surface area contributed by atoms with Crippen LogP contribution in [0.3, 0.4) is 0 Å². The molecule has 2 aliphatic rings. The normalized spacial score (nSPS) is 18.9. The summed E-state index contributed by atoms with van der Waals surface area (Å²) >= 11 is 0. The minimum Gasteiger partial charge on any atom is -0.495 e. The first-order valence-corrected chi connectivity index (χ1v) is 11.7. The lowest BCUT2D eigenvalue weighted by Crippen LogP contribution is -2.22. The minimum atomic E-state index is -0.301. The molecule has 0 spiro atoms. The Morgan fingerprint density at radius 1 is 1.11 bits per heavy atom. The van der Waals surface area contributed by atoms with Gasteiger partial charge in [-0.3, -0.25) is 9.59 Å². The highest BCUT2D eigenvalue weighted by Gasteiger charge is 2.45. The molecule has 2 atom stereocenters. The van der Waals surface area contributed by atoms with Crippen molar-refractivity contribution < 1.29 is 9.53 Å². The van der Waals surface area contributed by atoms with Crippen LogP contribution in [-0.2, 0) is 11.3 Å². The Hall–Kier alpha value is -4.21. The number of nitrogens with zero attached hydrogens (tertiary/aromatic N) is 5. The summed E-state index contributed by atoms with van der Waals surface area (Å²) in [7, 11) is 1.54. The summed E-state index contributed by atoms with van der Waals surface area (Å²) < 4.78 is 8.81.